The highest BCUT2D eigenvalue weighted by atomic mass is 16.5. The zero-order valence-electron chi connectivity index (χ0n) is 13.6. The molecule has 3 nitrogen and oxygen atoms in total. The smallest absolute Gasteiger partial charge is 0.179 e. The van der Waals surface area contributed by atoms with Crippen molar-refractivity contribution in [2.45, 2.75) is 51.6 Å². The maximum absolute atomic E-state index is 12.6. The fourth-order valence-electron chi connectivity index (χ4n) is 3.27. The van der Waals surface area contributed by atoms with Crippen molar-refractivity contribution >= 4 is 5.78 Å². The molecule has 21 heavy (non-hydrogen) atoms. The molecule has 3 unspecified atom stereocenters. The summed E-state index contributed by atoms with van der Waals surface area (Å²) >= 11 is 0. The quantitative estimate of drug-likeness (QED) is 0.773. The van der Waals surface area contributed by atoms with Gasteiger partial charge < -0.3 is 4.74 Å². The number of nitrogens with zero attached hydrogens (tertiary/aromatic N) is 1. The van der Waals surface area contributed by atoms with Crippen molar-refractivity contribution in [3.05, 3.63) is 29.8 Å². The van der Waals surface area contributed by atoms with Crippen molar-refractivity contribution in [3.8, 4) is 5.75 Å². The number of hydrogen-bond donors (Lipinski definition) is 0. The lowest BCUT2D eigenvalue weighted by molar-refractivity contribution is 0.0748. The van der Waals surface area contributed by atoms with Gasteiger partial charge in [0.2, 0.25) is 0 Å². The van der Waals surface area contributed by atoms with Gasteiger partial charge in [0.25, 0.3) is 0 Å². The SMILES string of the molecule is COc1ccc(C(=O)C(C)N(C)C2CCCC(C)C2)cc1. The van der Waals surface area contributed by atoms with E-state index in [1.807, 2.05) is 31.2 Å². The Labute approximate surface area is 128 Å². The summed E-state index contributed by atoms with van der Waals surface area (Å²) in [4.78, 5) is 14.9. The second kappa shape index (κ2) is 7.08. The van der Waals surface area contributed by atoms with Crippen molar-refractivity contribution in [3.63, 3.8) is 0 Å². The van der Waals surface area contributed by atoms with Crippen LogP contribution in [0.15, 0.2) is 24.3 Å². The molecule has 116 valence electrons. The fraction of sp³-hybridized carbons (Fsp3) is 0.611. The van der Waals surface area contributed by atoms with Gasteiger partial charge in [0.1, 0.15) is 5.75 Å². The molecule has 0 amide bonds. The van der Waals surface area contributed by atoms with E-state index in [2.05, 4.69) is 18.9 Å². The Hall–Kier alpha value is -1.35. The maximum Gasteiger partial charge on any atom is 0.179 e. The molecule has 0 saturated heterocycles. The molecule has 3 atom stereocenters. The number of Topliss-reactive ketones (excluding diaryl/α,β-unsaturated/α-hetero) is 1. The van der Waals surface area contributed by atoms with E-state index in [-0.39, 0.29) is 11.8 Å². The Bertz CT molecular complexity index is 469. The van der Waals surface area contributed by atoms with Crippen molar-refractivity contribution in [1.82, 2.24) is 4.90 Å². The van der Waals surface area contributed by atoms with Crippen molar-refractivity contribution < 1.29 is 9.53 Å². The van der Waals surface area contributed by atoms with Crippen LogP contribution in [-0.4, -0.2) is 36.9 Å². The Morgan fingerprint density at radius 1 is 1.29 bits per heavy atom. The molecule has 1 aromatic carbocycles. The Morgan fingerprint density at radius 3 is 2.52 bits per heavy atom. The average Bonchev–Trinajstić information content (AvgIpc) is 2.53. The molecule has 0 N–H and O–H groups in total. The van der Waals surface area contributed by atoms with Gasteiger partial charge in [0.05, 0.1) is 13.2 Å². The maximum atomic E-state index is 12.6. The summed E-state index contributed by atoms with van der Waals surface area (Å²) < 4.78 is 5.14. The number of ether oxygens (including phenoxy) is 1. The summed E-state index contributed by atoms with van der Waals surface area (Å²) in [5.41, 5.74) is 0.763. The minimum atomic E-state index is -0.0753. The minimum absolute atomic E-state index is 0.0753. The predicted octanol–water partition coefficient (Wildman–Crippen LogP) is 3.78. The van der Waals surface area contributed by atoms with Gasteiger partial charge in [0.15, 0.2) is 5.78 Å². The van der Waals surface area contributed by atoms with E-state index in [0.29, 0.717) is 6.04 Å². The molecule has 0 aromatic heterocycles. The highest BCUT2D eigenvalue weighted by Crippen LogP contribution is 2.28. The van der Waals surface area contributed by atoms with E-state index in [0.717, 1.165) is 17.2 Å². The number of methoxy groups -OCH3 is 1. The third-order valence-electron chi connectivity index (χ3n) is 4.85. The van der Waals surface area contributed by atoms with Crippen LogP contribution in [0.1, 0.15) is 49.9 Å². The van der Waals surface area contributed by atoms with E-state index < -0.39 is 0 Å². The zero-order chi connectivity index (χ0) is 15.4. The Balaban J connectivity index is 2.03. The van der Waals surface area contributed by atoms with E-state index in [4.69, 9.17) is 4.74 Å². The van der Waals surface area contributed by atoms with Gasteiger partial charge in [-0.05, 0) is 57.0 Å². The third-order valence-corrected chi connectivity index (χ3v) is 4.85. The summed E-state index contributed by atoms with van der Waals surface area (Å²) in [6.07, 6.45) is 5.02. The molecule has 1 fully saturated rings. The number of hydrogen-bond acceptors (Lipinski definition) is 3. The van der Waals surface area contributed by atoms with Crippen molar-refractivity contribution in [2.75, 3.05) is 14.2 Å². The summed E-state index contributed by atoms with van der Waals surface area (Å²) in [7, 11) is 3.73. The number of carbonyl (C=O) groups excluding carboxylic acids is 1. The first-order chi connectivity index (χ1) is 10.0. The molecular weight excluding hydrogens is 262 g/mol. The molecule has 0 heterocycles. The molecule has 1 saturated carbocycles. The van der Waals surface area contributed by atoms with E-state index in [1.54, 1.807) is 7.11 Å². The van der Waals surface area contributed by atoms with Gasteiger partial charge in [-0.25, -0.2) is 0 Å². The third kappa shape index (κ3) is 3.85. The van der Waals surface area contributed by atoms with E-state index in [9.17, 15) is 4.79 Å². The van der Waals surface area contributed by atoms with Crippen LogP contribution in [0, 0.1) is 5.92 Å². The lowest BCUT2D eigenvalue weighted by Gasteiger charge is -2.37. The van der Waals surface area contributed by atoms with Crippen molar-refractivity contribution in [1.29, 1.82) is 0 Å². The van der Waals surface area contributed by atoms with Gasteiger partial charge in [-0.1, -0.05) is 19.8 Å². The molecule has 1 aromatic rings. The van der Waals surface area contributed by atoms with Gasteiger partial charge in [-0.15, -0.1) is 0 Å². The number of carbonyl (C=O) groups is 1. The molecule has 0 radical (unpaired) electrons. The topological polar surface area (TPSA) is 29.5 Å². The fourth-order valence-corrected chi connectivity index (χ4v) is 3.27. The van der Waals surface area contributed by atoms with Crippen LogP contribution in [0.5, 0.6) is 5.75 Å². The normalized spacial score (nSPS) is 23.9. The summed E-state index contributed by atoms with van der Waals surface area (Å²) in [6.45, 7) is 4.34. The van der Waals surface area contributed by atoms with Gasteiger partial charge in [-0.3, -0.25) is 9.69 Å². The molecule has 0 aliphatic heterocycles. The first-order valence-electron chi connectivity index (χ1n) is 7.93. The van der Waals surface area contributed by atoms with E-state index in [1.165, 1.54) is 25.7 Å². The van der Waals surface area contributed by atoms with Crippen LogP contribution in [0.3, 0.4) is 0 Å². The molecule has 3 heteroatoms. The summed E-state index contributed by atoms with van der Waals surface area (Å²) in [5.74, 6) is 1.75. The van der Waals surface area contributed by atoms with Gasteiger partial charge in [-0.2, -0.15) is 0 Å². The first-order valence-corrected chi connectivity index (χ1v) is 7.93. The monoisotopic (exact) mass is 289 g/mol. The Kier molecular flexibility index (Phi) is 5.40. The molecule has 0 spiro atoms. The Morgan fingerprint density at radius 2 is 1.95 bits per heavy atom. The van der Waals surface area contributed by atoms with Crippen LogP contribution < -0.4 is 4.74 Å². The van der Waals surface area contributed by atoms with Crippen LogP contribution in [0.4, 0.5) is 0 Å². The summed E-state index contributed by atoms with van der Waals surface area (Å²) in [5, 5.41) is 0. The largest absolute Gasteiger partial charge is 0.497 e. The number of likely N-dealkylation sites (N-methyl/N-ethyl adjacent to an activating group) is 1. The standard InChI is InChI=1S/C18H27NO2/c1-13-6-5-7-16(12-13)19(3)14(2)18(20)15-8-10-17(21-4)11-9-15/h8-11,13-14,16H,5-7,12H2,1-4H3. The lowest BCUT2D eigenvalue weighted by atomic mass is 9.85. The first kappa shape index (κ1) is 16.0. The van der Waals surface area contributed by atoms with E-state index >= 15 is 0 Å². The molecule has 1 aliphatic carbocycles. The number of ketones is 1. The second-order valence-corrected chi connectivity index (χ2v) is 6.36. The molecular formula is C18H27NO2. The van der Waals surface area contributed by atoms with Crippen LogP contribution in [-0.2, 0) is 0 Å². The highest BCUT2D eigenvalue weighted by Gasteiger charge is 2.28. The average molecular weight is 289 g/mol. The summed E-state index contributed by atoms with van der Waals surface area (Å²) in [6, 6.07) is 7.87. The van der Waals surface area contributed by atoms with Crippen molar-refractivity contribution in [2.24, 2.45) is 5.92 Å². The van der Waals surface area contributed by atoms with Gasteiger partial charge in [0, 0.05) is 11.6 Å². The van der Waals surface area contributed by atoms with Crippen LogP contribution in [0.25, 0.3) is 0 Å². The zero-order valence-corrected chi connectivity index (χ0v) is 13.6. The molecule has 1 aliphatic rings. The lowest BCUT2D eigenvalue weighted by Crippen LogP contribution is -2.44. The van der Waals surface area contributed by atoms with Crippen LogP contribution >= 0.6 is 0 Å². The van der Waals surface area contributed by atoms with Crippen LogP contribution in [0.2, 0.25) is 0 Å². The number of rotatable bonds is 5. The number of benzene rings is 1. The second-order valence-electron chi connectivity index (χ2n) is 6.36. The van der Waals surface area contributed by atoms with Gasteiger partial charge >= 0.3 is 0 Å². The minimum Gasteiger partial charge on any atom is -0.497 e. The highest BCUT2D eigenvalue weighted by molar-refractivity contribution is 5.99. The molecule has 0 bridgehead atoms. The predicted molar refractivity (Wildman–Crippen MR) is 86.0 cm³/mol. The molecule has 2 rings (SSSR count).